The van der Waals surface area contributed by atoms with E-state index in [2.05, 4.69) is 0 Å². The number of hydrogen-bond donors (Lipinski definition) is 2. The molecule has 0 saturated carbocycles. The molecule has 118 valence electrons. The molecule has 0 heterocycles. The Labute approximate surface area is 116 Å². The summed E-state index contributed by atoms with van der Waals surface area (Å²) in [4.78, 5) is 22.7. The number of alkyl halides is 1. The van der Waals surface area contributed by atoms with E-state index in [0.717, 1.165) is 0 Å². The molecule has 0 radical (unpaired) electrons. The Morgan fingerprint density at radius 1 is 1.25 bits per heavy atom. The Hall–Kier alpha value is -1.07. The molecule has 0 aliphatic rings. The van der Waals surface area contributed by atoms with Crippen molar-refractivity contribution in [1.82, 2.24) is 4.72 Å². The zero-order valence-electron chi connectivity index (χ0n) is 11.1. The van der Waals surface area contributed by atoms with Crippen molar-refractivity contribution in [2.45, 2.75) is 32.7 Å². The van der Waals surface area contributed by atoms with Crippen LogP contribution in [0.2, 0.25) is 0 Å². The summed E-state index contributed by atoms with van der Waals surface area (Å²) in [6.45, 7) is 4.54. The first-order valence-electron chi connectivity index (χ1n) is 5.41. The standard InChI is InChI=1S/C9H16FNO7S2/c1-4-9(2,3)8(13)11-19(14,15)5-6(12)7(10)20(16,17)18/h7H,4-5H2,1-3H3,(H,11,13)(H,16,17,18). The van der Waals surface area contributed by atoms with Gasteiger partial charge in [0, 0.05) is 5.41 Å². The molecular formula is C9H16FNO7S2. The number of halogens is 1. The van der Waals surface area contributed by atoms with Gasteiger partial charge in [-0.15, -0.1) is 0 Å². The summed E-state index contributed by atoms with van der Waals surface area (Å²) in [6, 6.07) is 0. The van der Waals surface area contributed by atoms with Crippen LogP contribution >= 0.6 is 0 Å². The highest BCUT2D eigenvalue weighted by Crippen LogP contribution is 2.19. The number of Topliss-reactive ketones (excluding diaryl/α,β-unsaturated/α-hetero) is 1. The summed E-state index contributed by atoms with van der Waals surface area (Å²) in [7, 11) is -9.87. The molecule has 1 unspecified atom stereocenters. The van der Waals surface area contributed by atoms with Crippen LogP contribution in [-0.2, 0) is 29.7 Å². The van der Waals surface area contributed by atoms with Crippen molar-refractivity contribution in [2.24, 2.45) is 5.41 Å². The number of rotatable bonds is 7. The Morgan fingerprint density at radius 3 is 2.05 bits per heavy atom. The predicted molar refractivity (Wildman–Crippen MR) is 67.5 cm³/mol. The van der Waals surface area contributed by atoms with E-state index in [4.69, 9.17) is 4.55 Å². The van der Waals surface area contributed by atoms with Crippen molar-refractivity contribution in [3.8, 4) is 0 Å². The van der Waals surface area contributed by atoms with Crippen molar-refractivity contribution in [3.05, 3.63) is 0 Å². The Balaban J connectivity index is 4.96. The maximum absolute atomic E-state index is 12.9. The van der Waals surface area contributed by atoms with Crippen LogP contribution in [0.25, 0.3) is 0 Å². The number of ketones is 1. The van der Waals surface area contributed by atoms with Gasteiger partial charge in [0.1, 0.15) is 5.75 Å². The van der Waals surface area contributed by atoms with Crippen LogP contribution in [0.5, 0.6) is 0 Å². The summed E-state index contributed by atoms with van der Waals surface area (Å²) >= 11 is 0. The molecule has 0 saturated heterocycles. The van der Waals surface area contributed by atoms with Crippen LogP contribution in [0.4, 0.5) is 4.39 Å². The second-order valence-corrected chi connectivity index (χ2v) is 7.89. The minimum atomic E-state index is -5.33. The van der Waals surface area contributed by atoms with Crippen molar-refractivity contribution in [3.63, 3.8) is 0 Å². The molecule has 0 aliphatic heterocycles. The highest BCUT2D eigenvalue weighted by molar-refractivity contribution is 7.91. The number of hydrogen-bond acceptors (Lipinski definition) is 6. The topological polar surface area (TPSA) is 135 Å². The van der Waals surface area contributed by atoms with Gasteiger partial charge in [0.05, 0.1) is 0 Å². The zero-order valence-corrected chi connectivity index (χ0v) is 12.7. The SMILES string of the molecule is CCC(C)(C)C(=O)NS(=O)(=O)CC(=O)C(F)S(=O)(=O)O. The molecule has 1 amide bonds. The van der Waals surface area contributed by atoms with E-state index < -0.39 is 48.5 Å². The van der Waals surface area contributed by atoms with Gasteiger partial charge >= 0.3 is 10.1 Å². The monoisotopic (exact) mass is 333 g/mol. The second kappa shape index (κ2) is 6.14. The number of nitrogens with one attached hydrogen (secondary N) is 1. The summed E-state index contributed by atoms with van der Waals surface area (Å²) in [6.07, 6.45) is 0.305. The average Bonchev–Trinajstić information content (AvgIpc) is 2.25. The van der Waals surface area contributed by atoms with Crippen LogP contribution < -0.4 is 4.72 Å². The molecule has 2 N–H and O–H groups in total. The fraction of sp³-hybridized carbons (Fsp3) is 0.778. The van der Waals surface area contributed by atoms with E-state index >= 15 is 0 Å². The smallest absolute Gasteiger partial charge is 0.294 e. The largest absolute Gasteiger partial charge is 0.305 e. The summed E-state index contributed by atoms with van der Waals surface area (Å²) in [5.74, 6) is -4.36. The third-order valence-corrected chi connectivity index (χ3v) is 4.54. The fourth-order valence-corrected chi connectivity index (χ4v) is 2.57. The summed E-state index contributed by atoms with van der Waals surface area (Å²) in [5.41, 5.74) is -4.40. The van der Waals surface area contributed by atoms with Crippen molar-refractivity contribution in [2.75, 3.05) is 5.75 Å². The first-order valence-corrected chi connectivity index (χ1v) is 8.56. The lowest BCUT2D eigenvalue weighted by atomic mass is 9.90. The maximum Gasteiger partial charge on any atom is 0.305 e. The molecule has 20 heavy (non-hydrogen) atoms. The Bertz CT molecular complexity index is 594. The summed E-state index contributed by atoms with van der Waals surface area (Å²) < 4.78 is 66.4. The van der Waals surface area contributed by atoms with Gasteiger partial charge in [0.15, 0.2) is 0 Å². The Morgan fingerprint density at radius 2 is 1.70 bits per heavy atom. The van der Waals surface area contributed by atoms with Crippen LogP contribution in [0.1, 0.15) is 27.2 Å². The van der Waals surface area contributed by atoms with Gasteiger partial charge in [0.25, 0.3) is 5.50 Å². The lowest BCUT2D eigenvalue weighted by Crippen LogP contribution is -2.44. The number of amides is 1. The second-order valence-electron chi connectivity index (χ2n) is 4.73. The minimum Gasteiger partial charge on any atom is -0.294 e. The third-order valence-electron chi connectivity index (χ3n) is 2.59. The molecule has 0 aliphatic carbocycles. The normalized spacial score (nSPS) is 14.7. The number of carbonyl (C=O) groups is 2. The number of carbonyl (C=O) groups excluding carboxylic acids is 2. The highest BCUT2D eigenvalue weighted by Gasteiger charge is 2.35. The molecule has 0 fully saturated rings. The van der Waals surface area contributed by atoms with Gasteiger partial charge < -0.3 is 0 Å². The lowest BCUT2D eigenvalue weighted by molar-refractivity contribution is -0.127. The first-order chi connectivity index (χ1) is 8.73. The van der Waals surface area contributed by atoms with Gasteiger partial charge in [-0.2, -0.15) is 8.42 Å². The molecule has 8 nitrogen and oxygen atoms in total. The molecule has 0 aromatic rings. The lowest BCUT2D eigenvalue weighted by Gasteiger charge is -2.21. The maximum atomic E-state index is 12.9. The first kappa shape index (κ1) is 18.9. The molecule has 0 aromatic carbocycles. The van der Waals surface area contributed by atoms with E-state index in [1.165, 1.54) is 13.8 Å². The van der Waals surface area contributed by atoms with Crippen LogP contribution in [0.3, 0.4) is 0 Å². The van der Waals surface area contributed by atoms with Crippen LogP contribution in [0.15, 0.2) is 0 Å². The van der Waals surface area contributed by atoms with Gasteiger partial charge in [-0.1, -0.05) is 20.8 Å². The third kappa shape index (κ3) is 5.51. The minimum absolute atomic E-state index is 0.305. The molecule has 11 heteroatoms. The summed E-state index contributed by atoms with van der Waals surface area (Å²) in [5, 5.41) is 0. The fourth-order valence-electron chi connectivity index (χ4n) is 0.895. The van der Waals surface area contributed by atoms with Gasteiger partial charge in [-0.3, -0.25) is 18.9 Å². The van der Waals surface area contributed by atoms with Gasteiger partial charge in [-0.05, 0) is 6.42 Å². The molecule has 0 bridgehead atoms. The Kier molecular flexibility index (Phi) is 5.81. The van der Waals surface area contributed by atoms with Crippen LogP contribution in [-0.4, -0.2) is 44.3 Å². The molecule has 0 rings (SSSR count). The van der Waals surface area contributed by atoms with E-state index in [1.54, 1.807) is 11.6 Å². The molecule has 0 aromatic heterocycles. The van der Waals surface area contributed by atoms with E-state index in [1.807, 2.05) is 0 Å². The highest BCUT2D eigenvalue weighted by atomic mass is 32.2. The average molecular weight is 333 g/mol. The van der Waals surface area contributed by atoms with Gasteiger partial charge in [0.2, 0.25) is 21.7 Å². The molecule has 0 spiro atoms. The van der Waals surface area contributed by atoms with Crippen LogP contribution in [0, 0.1) is 5.41 Å². The van der Waals surface area contributed by atoms with E-state index in [9.17, 15) is 30.8 Å². The van der Waals surface area contributed by atoms with Gasteiger partial charge in [-0.25, -0.2) is 12.8 Å². The zero-order chi connectivity index (χ0) is 16.4. The molecule has 1 atom stereocenters. The van der Waals surface area contributed by atoms with E-state index in [0.29, 0.717) is 6.42 Å². The van der Waals surface area contributed by atoms with Crippen molar-refractivity contribution < 1.29 is 35.4 Å². The predicted octanol–water partition coefficient (Wildman–Crippen LogP) is -0.379. The van der Waals surface area contributed by atoms with Crippen molar-refractivity contribution in [1.29, 1.82) is 0 Å². The van der Waals surface area contributed by atoms with E-state index in [-0.39, 0.29) is 0 Å². The quantitative estimate of drug-likeness (QED) is 0.606. The number of sulfonamides is 1. The van der Waals surface area contributed by atoms with Crippen molar-refractivity contribution >= 4 is 31.8 Å². The molecular weight excluding hydrogens is 317 g/mol.